The Hall–Kier alpha value is -2.84. The van der Waals surface area contributed by atoms with Crippen molar-refractivity contribution in [3.05, 3.63) is 24.3 Å². The lowest BCUT2D eigenvalue weighted by Crippen LogP contribution is -2.51. The van der Waals surface area contributed by atoms with Crippen molar-refractivity contribution >= 4 is 24.0 Å². The van der Waals surface area contributed by atoms with Gasteiger partial charge in [-0.05, 0) is 27.7 Å². The second-order valence-corrected chi connectivity index (χ2v) is 5.67. The van der Waals surface area contributed by atoms with Crippen molar-refractivity contribution in [2.45, 2.75) is 27.7 Å². The first-order chi connectivity index (χ1) is 12.6. The standard InChI is InChI=1S/C18H29N3O6/c1-7-20(8-2)18(25)21(10-12-27-16(23)14(5)6)17(24)19-9-11-26-15(22)13(3)4/h3,5,7-12H2,1-2,4,6H3,(H,19,24). The van der Waals surface area contributed by atoms with Gasteiger partial charge in [-0.15, -0.1) is 0 Å². The number of imide groups is 1. The Balaban J connectivity index is 4.80. The number of nitrogens with one attached hydrogen (secondary N) is 1. The number of hydrogen-bond acceptors (Lipinski definition) is 6. The van der Waals surface area contributed by atoms with Crippen LogP contribution in [0.2, 0.25) is 0 Å². The van der Waals surface area contributed by atoms with Crippen LogP contribution in [0.25, 0.3) is 0 Å². The van der Waals surface area contributed by atoms with Crippen LogP contribution in [0.1, 0.15) is 27.7 Å². The van der Waals surface area contributed by atoms with Crippen LogP contribution in [0.4, 0.5) is 9.59 Å². The summed E-state index contributed by atoms with van der Waals surface area (Å²) in [5, 5.41) is 2.50. The molecular formula is C18H29N3O6. The normalized spacial score (nSPS) is 9.78. The third-order valence-electron chi connectivity index (χ3n) is 3.37. The van der Waals surface area contributed by atoms with Crippen LogP contribution in [-0.4, -0.2) is 73.2 Å². The Morgan fingerprint density at radius 3 is 1.81 bits per heavy atom. The van der Waals surface area contributed by atoms with Crippen molar-refractivity contribution in [1.29, 1.82) is 0 Å². The maximum atomic E-state index is 12.5. The number of urea groups is 2. The molecule has 0 heterocycles. The first kappa shape index (κ1) is 24.2. The summed E-state index contributed by atoms with van der Waals surface area (Å²) in [6, 6.07) is -1.19. The van der Waals surface area contributed by atoms with Gasteiger partial charge in [-0.3, -0.25) is 0 Å². The molecule has 0 aliphatic heterocycles. The molecule has 152 valence electrons. The fourth-order valence-electron chi connectivity index (χ4n) is 1.82. The van der Waals surface area contributed by atoms with E-state index in [1.807, 2.05) is 0 Å². The fraction of sp³-hybridized carbons (Fsp3) is 0.556. The minimum atomic E-state index is -0.676. The lowest BCUT2D eigenvalue weighted by molar-refractivity contribution is -0.139. The third-order valence-corrected chi connectivity index (χ3v) is 3.37. The highest BCUT2D eigenvalue weighted by Gasteiger charge is 2.25. The quantitative estimate of drug-likeness (QED) is 0.350. The average Bonchev–Trinajstić information content (AvgIpc) is 2.62. The smallest absolute Gasteiger partial charge is 0.333 e. The third kappa shape index (κ3) is 8.89. The maximum absolute atomic E-state index is 12.5. The van der Waals surface area contributed by atoms with E-state index >= 15 is 0 Å². The van der Waals surface area contributed by atoms with Crippen LogP contribution in [0.5, 0.6) is 0 Å². The molecule has 0 unspecified atom stereocenters. The van der Waals surface area contributed by atoms with Crippen LogP contribution in [-0.2, 0) is 19.1 Å². The van der Waals surface area contributed by atoms with Gasteiger partial charge < -0.3 is 19.7 Å². The van der Waals surface area contributed by atoms with Crippen molar-refractivity contribution in [2.75, 3.05) is 39.4 Å². The van der Waals surface area contributed by atoms with Gasteiger partial charge in [0.15, 0.2) is 0 Å². The van der Waals surface area contributed by atoms with E-state index in [4.69, 9.17) is 9.47 Å². The van der Waals surface area contributed by atoms with Crippen molar-refractivity contribution < 1.29 is 28.7 Å². The molecule has 0 aromatic carbocycles. The first-order valence-electron chi connectivity index (χ1n) is 8.65. The zero-order valence-electron chi connectivity index (χ0n) is 16.5. The average molecular weight is 383 g/mol. The van der Waals surface area contributed by atoms with E-state index in [-0.39, 0.29) is 37.4 Å². The van der Waals surface area contributed by atoms with Gasteiger partial charge in [-0.25, -0.2) is 24.1 Å². The number of rotatable bonds is 10. The summed E-state index contributed by atoms with van der Waals surface area (Å²) in [6.07, 6.45) is 0. The molecule has 0 radical (unpaired) electrons. The summed E-state index contributed by atoms with van der Waals surface area (Å²) in [7, 11) is 0. The first-order valence-corrected chi connectivity index (χ1v) is 8.65. The number of carbonyl (C=O) groups is 4. The fourth-order valence-corrected chi connectivity index (χ4v) is 1.82. The molecule has 0 aromatic rings. The summed E-state index contributed by atoms with van der Waals surface area (Å²) in [4.78, 5) is 50.0. The van der Waals surface area contributed by atoms with E-state index in [9.17, 15) is 19.2 Å². The van der Waals surface area contributed by atoms with Crippen LogP contribution in [0.3, 0.4) is 0 Å². The Morgan fingerprint density at radius 1 is 0.889 bits per heavy atom. The Kier molecular flexibility index (Phi) is 11.2. The Bertz CT molecular complexity index is 584. The molecule has 0 bridgehead atoms. The van der Waals surface area contributed by atoms with Gasteiger partial charge in [-0.2, -0.15) is 0 Å². The van der Waals surface area contributed by atoms with Gasteiger partial charge in [0.1, 0.15) is 13.2 Å². The Morgan fingerprint density at radius 2 is 1.37 bits per heavy atom. The van der Waals surface area contributed by atoms with Crippen LogP contribution < -0.4 is 5.32 Å². The number of esters is 2. The van der Waals surface area contributed by atoms with E-state index in [2.05, 4.69) is 18.5 Å². The number of ether oxygens (including phenoxy) is 2. The van der Waals surface area contributed by atoms with E-state index in [1.165, 1.54) is 18.7 Å². The van der Waals surface area contributed by atoms with Crippen molar-refractivity contribution in [3.63, 3.8) is 0 Å². The summed E-state index contributed by atoms with van der Waals surface area (Å²) in [6.45, 7) is 14.0. The minimum Gasteiger partial charge on any atom is -0.460 e. The minimum absolute atomic E-state index is 0.0193. The molecule has 1 N–H and O–H groups in total. The monoisotopic (exact) mass is 383 g/mol. The highest BCUT2D eigenvalue weighted by Crippen LogP contribution is 2.02. The highest BCUT2D eigenvalue weighted by atomic mass is 16.5. The van der Waals surface area contributed by atoms with Gasteiger partial charge in [0.05, 0.1) is 13.1 Å². The van der Waals surface area contributed by atoms with Crippen LogP contribution in [0.15, 0.2) is 24.3 Å². The number of amides is 4. The lowest BCUT2D eigenvalue weighted by atomic mass is 10.4. The molecule has 4 amide bonds. The lowest BCUT2D eigenvalue weighted by Gasteiger charge is -2.27. The summed E-state index contributed by atoms with van der Waals surface area (Å²) in [5.41, 5.74) is 0.472. The Labute approximate surface area is 160 Å². The van der Waals surface area contributed by atoms with Gasteiger partial charge in [0, 0.05) is 24.2 Å². The zero-order valence-corrected chi connectivity index (χ0v) is 16.5. The second-order valence-electron chi connectivity index (χ2n) is 5.67. The molecule has 0 aliphatic carbocycles. The van der Waals surface area contributed by atoms with E-state index < -0.39 is 24.0 Å². The molecule has 0 spiro atoms. The van der Waals surface area contributed by atoms with E-state index in [1.54, 1.807) is 13.8 Å². The summed E-state index contributed by atoms with van der Waals surface area (Å²) >= 11 is 0. The van der Waals surface area contributed by atoms with Gasteiger partial charge in [0.2, 0.25) is 0 Å². The van der Waals surface area contributed by atoms with E-state index in [0.29, 0.717) is 13.1 Å². The second kappa shape index (κ2) is 12.5. The molecule has 0 aromatic heterocycles. The topological polar surface area (TPSA) is 105 Å². The van der Waals surface area contributed by atoms with E-state index in [0.717, 1.165) is 4.90 Å². The molecule has 0 saturated heterocycles. The molecule has 0 atom stereocenters. The summed E-state index contributed by atoms with van der Waals surface area (Å²) < 4.78 is 9.83. The number of nitrogens with zero attached hydrogens (tertiary/aromatic N) is 2. The largest absolute Gasteiger partial charge is 0.460 e. The molecule has 27 heavy (non-hydrogen) atoms. The molecular weight excluding hydrogens is 354 g/mol. The van der Waals surface area contributed by atoms with Crippen molar-refractivity contribution in [2.24, 2.45) is 0 Å². The summed E-state index contributed by atoms with van der Waals surface area (Å²) in [5.74, 6) is -1.16. The van der Waals surface area contributed by atoms with Crippen LogP contribution >= 0.6 is 0 Å². The molecule has 9 nitrogen and oxygen atoms in total. The molecule has 0 saturated carbocycles. The SMILES string of the molecule is C=C(C)C(=O)OCCNC(=O)N(CCOC(=O)C(=C)C)C(=O)N(CC)CC. The molecule has 0 rings (SSSR count). The molecule has 0 fully saturated rings. The van der Waals surface area contributed by atoms with Crippen molar-refractivity contribution in [3.8, 4) is 0 Å². The van der Waals surface area contributed by atoms with Gasteiger partial charge >= 0.3 is 24.0 Å². The zero-order chi connectivity index (χ0) is 21.0. The number of carbonyl (C=O) groups excluding carboxylic acids is 4. The van der Waals surface area contributed by atoms with Crippen LogP contribution in [0, 0.1) is 0 Å². The highest BCUT2D eigenvalue weighted by molar-refractivity contribution is 5.93. The van der Waals surface area contributed by atoms with Gasteiger partial charge in [0.25, 0.3) is 0 Å². The van der Waals surface area contributed by atoms with Crippen molar-refractivity contribution in [1.82, 2.24) is 15.1 Å². The predicted molar refractivity (Wildman–Crippen MR) is 100.0 cm³/mol. The molecule has 0 aliphatic rings. The maximum Gasteiger partial charge on any atom is 0.333 e. The van der Waals surface area contributed by atoms with Gasteiger partial charge in [-0.1, -0.05) is 13.2 Å². The predicted octanol–water partition coefficient (Wildman–Crippen LogP) is 1.70. The number of hydrogen-bond donors (Lipinski definition) is 1. The molecule has 9 heteroatoms.